The molecule has 0 atom stereocenters. The van der Waals surface area contributed by atoms with E-state index in [-0.39, 0.29) is 18.1 Å². The Morgan fingerprint density at radius 3 is 2.50 bits per heavy atom. The fraction of sp³-hybridized carbons (Fsp3) is 0.0909. The van der Waals surface area contributed by atoms with Crippen molar-refractivity contribution >= 4 is 11.3 Å². The maximum atomic E-state index is 13.3. The molecule has 128 valence electrons. The highest BCUT2D eigenvalue weighted by atomic mass is 19.1. The summed E-state index contributed by atoms with van der Waals surface area (Å²) < 4.78 is 17.2. The number of hydrogen-bond donors (Lipinski definition) is 0. The Balaban J connectivity index is 1.77. The van der Waals surface area contributed by atoms with Gasteiger partial charge >= 0.3 is 0 Å². The van der Waals surface area contributed by atoms with E-state index in [1.807, 2.05) is 70.9 Å². The summed E-state index contributed by atoms with van der Waals surface area (Å²) in [5.74, 6) is -0.243. The van der Waals surface area contributed by atoms with E-state index in [0.29, 0.717) is 5.56 Å². The van der Waals surface area contributed by atoms with Gasteiger partial charge in [0.1, 0.15) is 11.3 Å². The average molecular weight is 345 g/mol. The van der Waals surface area contributed by atoms with Gasteiger partial charge in [0.05, 0.1) is 6.20 Å². The number of carbonyl (C=O) groups excluding carboxylic acids is 1. The molecular weight excluding hydrogens is 327 g/mol. The molecule has 0 aliphatic carbocycles. The molecule has 0 fully saturated rings. The lowest BCUT2D eigenvalue weighted by atomic mass is 10.1. The molecule has 4 rings (SSSR count). The van der Waals surface area contributed by atoms with E-state index in [1.165, 1.54) is 12.1 Å². The number of fused-ring (bicyclic) bond motifs is 1. The number of benzene rings is 2. The van der Waals surface area contributed by atoms with E-state index in [9.17, 15) is 9.18 Å². The van der Waals surface area contributed by atoms with Crippen LogP contribution in [0.4, 0.5) is 4.39 Å². The van der Waals surface area contributed by atoms with Gasteiger partial charge in [-0.2, -0.15) is 4.57 Å². The molecule has 0 saturated carbocycles. The fourth-order valence-electron chi connectivity index (χ4n) is 3.05. The Morgan fingerprint density at radius 2 is 1.77 bits per heavy atom. The molecule has 4 heteroatoms. The van der Waals surface area contributed by atoms with Crippen molar-refractivity contribution in [2.45, 2.75) is 13.5 Å². The van der Waals surface area contributed by atoms with Crippen molar-refractivity contribution < 1.29 is 13.8 Å². The highest BCUT2D eigenvalue weighted by Gasteiger charge is 2.19. The number of rotatable bonds is 4. The van der Waals surface area contributed by atoms with E-state index < -0.39 is 0 Å². The Bertz CT molecular complexity index is 1080. The molecule has 0 aliphatic rings. The normalized spacial score (nSPS) is 11.0. The van der Waals surface area contributed by atoms with Crippen LogP contribution in [0.2, 0.25) is 0 Å². The minimum absolute atomic E-state index is 0.0364. The van der Waals surface area contributed by atoms with E-state index in [0.717, 1.165) is 22.3 Å². The Labute approximate surface area is 151 Å². The van der Waals surface area contributed by atoms with Crippen molar-refractivity contribution in [3.8, 4) is 11.3 Å². The van der Waals surface area contributed by atoms with Gasteiger partial charge in [-0.1, -0.05) is 29.8 Å². The van der Waals surface area contributed by atoms with E-state index in [2.05, 4.69) is 0 Å². The van der Waals surface area contributed by atoms with Gasteiger partial charge in [-0.15, -0.1) is 0 Å². The van der Waals surface area contributed by atoms with Crippen molar-refractivity contribution in [2.24, 2.45) is 0 Å². The molecule has 0 amide bonds. The second-order valence-corrected chi connectivity index (χ2v) is 6.41. The molecule has 0 saturated heterocycles. The highest BCUT2D eigenvalue weighted by Crippen LogP contribution is 2.17. The first kappa shape index (κ1) is 16.2. The minimum atomic E-state index is -0.280. The quantitative estimate of drug-likeness (QED) is 0.401. The topological polar surface area (TPSA) is 25.4 Å². The second-order valence-electron chi connectivity index (χ2n) is 6.41. The van der Waals surface area contributed by atoms with Crippen LogP contribution in [0.1, 0.15) is 15.9 Å². The summed E-state index contributed by atoms with van der Waals surface area (Å²) in [5.41, 5.74) is 4.51. The van der Waals surface area contributed by atoms with E-state index in [1.54, 1.807) is 12.1 Å². The monoisotopic (exact) mass is 345 g/mol. The van der Waals surface area contributed by atoms with Crippen molar-refractivity contribution in [3.63, 3.8) is 0 Å². The molecule has 2 aromatic heterocycles. The van der Waals surface area contributed by atoms with Crippen LogP contribution in [0.25, 0.3) is 16.8 Å². The van der Waals surface area contributed by atoms with Crippen LogP contribution in [-0.2, 0) is 6.54 Å². The second kappa shape index (κ2) is 6.56. The lowest BCUT2D eigenvalue weighted by Crippen LogP contribution is -2.40. The summed E-state index contributed by atoms with van der Waals surface area (Å²) in [6, 6.07) is 17.8. The number of halogens is 1. The van der Waals surface area contributed by atoms with Crippen molar-refractivity contribution in [1.29, 1.82) is 0 Å². The number of nitrogens with zero attached hydrogens (tertiary/aromatic N) is 2. The largest absolute Gasteiger partial charge is 0.312 e. The SMILES string of the molecule is Cc1ccc(C(=O)C[n+]2cc3cccn3cc2-c2ccc(F)cc2)cc1. The summed E-state index contributed by atoms with van der Waals surface area (Å²) in [4.78, 5) is 12.7. The summed E-state index contributed by atoms with van der Waals surface area (Å²) >= 11 is 0. The molecule has 0 radical (unpaired) electrons. The van der Waals surface area contributed by atoms with Crippen molar-refractivity contribution in [3.05, 3.63) is 96.2 Å². The third kappa shape index (κ3) is 3.14. The van der Waals surface area contributed by atoms with Gasteiger partial charge in [-0.05, 0) is 43.3 Å². The first-order valence-electron chi connectivity index (χ1n) is 8.46. The number of hydrogen-bond acceptors (Lipinski definition) is 1. The van der Waals surface area contributed by atoms with Crippen LogP contribution < -0.4 is 4.57 Å². The predicted molar refractivity (Wildman–Crippen MR) is 98.5 cm³/mol. The molecule has 26 heavy (non-hydrogen) atoms. The Morgan fingerprint density at radius 1 is 1.04 bits per heavy atom. The molecular formula is C22H18FN2O+. The van der Waals surface area contributed by atoms with Crippen LogP contribution in [0.5, 0.6) is 0 Å². The van der Waals surface area contributed by atoms with Crippen LogP contribution in [0, 0.1) is 12.7 Å². The first-order valence-corrected chi connectivity index (χ1v) is 8.46. The Hall–Kier alpha value is -3.27. The van der Waals surface area contributed by atoms with Crippen LogP contribution >= 0.6 is 0 Å². The van der Waals surface area contributed by atoms with Gasteiger partial charge in [-0.3, -0.25) is 4.79 Å². The zero-order valence-corrected chi connectivity index (χ0v) is 14.4. The molecule has 4 aromatic rings. The molecule has 0 unspecified atom stereocenters. The molecule has 3 nitrogen and oxygen atoms in total. The molecule has 2 aromatic carbocycles. The molecule has 0 aliphatic heterocycles. The first-order chi connectivity index (χ1) is 12.6. The maximum Gasteiger partial charge on any atom is 0.229 e. The average Bonchev–Trinajstić information content (AvgIpc) is 3.09. The Kier molecular flexibility index (Phi) is 4.09. The smallest absolute Gasteiger partial charge is 0.229 e. The summed E-state index contributed by atoms with van der Waals surface area (Å²) in [5, 5.41) is 0. The lowest BCUT2D eigenvalue weighted by Gasteiger charge is -2.06. The van der Waals surface area contributed by atoms with Crippen molar-refractivity contribution in [1.82, 2.24) is 4.40 Å². The van der Waals surface area contributed by atoms with Crippen LogP contribution in [0.3, 0.4) is 0 Å². The predicted octanol–water partition coefficient (Wildman–Crippen LogP) is 4.22. The number of ketones is 1. The summed E-state index contributed by atoms with van der Waals surface area (Å²) in [7, 11) is 0. The van der Waals surface area contributed by atoms with Gasteiger partial charge in [0.25, 0.3) is 0 Å². The standard InChI is InChI=1S/C22H18FN2O/c1-16-4-6-18(7-5-16)22(26)15-25-13-20-3-2-12-24(20)14-21(25)17-8-10-19(23)11-9-17/h2-14H,15H2,1H3/q+1. The van der Waals surface area contributed by atoms with Crippen LogP contribution in [-0.4, -0.2) is 10.2 Å². The number of aryl methyl sites for hydroxylation is 1. The highest BCUT2D eigenvalue weighted by molar-refractivity contribution is 5.95. The lowest BCUT2D eigenvalue weighted by molar-refractivity contribution is -0.671. The van der Waals surface area contributed by atoms with Crippen molar-refractivity contribution in [2.75, 3.05) is 0 Å². The number of aromatic nitrogens is 2. The number of carbonyl (C=O) groups is 1. The zero-order valence-electron chi connectivity index (χ0n) is 14.4. The molecule has 0 spiro atoms. The van der Waals surface area contributed by atoms with E-state index >= 15 is 0 Å². The maximum absolute atomic E-state index is 13.3. The zero-order chi connectivity index (χ0) is 18.1. The third-order valence-corrected chi connectivity index (χ3v) is 4.50. The van der Waals surface area contributed by atoms with Gasteiger partial charge in [-0.25, -0.2) is 4.39 Å². The summed E-state index contributed by atoms with van der Waals surface area (Å²) in [6.45, 7) is 2.22. The van der Waals surface area contributed by atoms with Gasteiger partial charge in [0.15, 0.2) is 6.20 Å². The van der Waals surface area contributed by atoms with Crippen LogP contribution in [0.15, 0.2) is 79.3 Å². The van der Waals surface area contributed by atoms with E-state index in [4.69, 9.17) is 0 Å². The molecule has 2 heterocycles. The third-order valence-electron chi connectivity index (χ3n) is 4.50. The van der Waals surface area contributed by atoms with Gasteiger partial charge in [0, 0.05) is 17.3 Å². The van der Waals surface area contributed by atoms with Gasteiger partial charge in [0.2, 0.25) is 18.0 Å². The summed E-state index contributed by atoms with van der Waals surface area (Å²) in [6.07, 6.45) is 5.87. The molecule has 0 N–H and O–H groups in total. The molecule has 0 bridgehead atoms. The van der Waals surface area contributed by atoms with Gasteiger partial charge < -0.3 is 4.40 Å². The fourth-order valence-corrected chi connectivity index (χ4v) is 3.05. The minimum Gasteiger partial charge on any atom is -0.312 e. The number of Topliss-reactive ketones (excluding diaryl/α,β-unsaturated/α-hetero) is 1.